The Balaban J connectivity index is 1.19. The quantitative estimate of drug-likeness (QED) is 0.417. The Labute approximate surface area is 214 Å². The Morgan fingerprint density at radius 3 is 2.51 bits per heavy atom. The third kappa shape index (κ3) is 5.31. The number of amides is 1. The second-order valence-corrected chi connectivity index (χ2v) is 9.26. The van der Waals surface area contributed by atoms with Crippen LogP contribution in [0.1, 0.15) is 16.1 Å². The number of carbonyl (C=O) groups excluding carboxylic acids is 1. The number of benzene rings is 1. The number of fused-ring (bicyclic) bond motifs is 1. The van der Waals surface area contributed by atoms with Crippen LogP contribution in [0.4, 0.5) is 11.5 Å². The lowest BCUT2D eigenvalue weighted by molar-refractivity contribution is 0.0341. The first kappa shape index (κ1) is 23.5. The van der Waals surface area contributed by atoms with Gasteiger partial charge in [-0.05, 0) is 41.5 Å². The van der Waals surface area contributed by atoms with Gasteiger partial charge in [0.05, 0.1) is 43.8 Å². The van der Waals surface area contributed by atoms with Crippen molar-refractivity contribution in [1.29, 1.82) is 0 Å². The first-order valence-electron chi connectivity index (χ1n) is 12.6. The fourth-order valence-corrected chi connectivity index (χ4v) is 4.75. The number of morpholine rings is 2. The van der Waals surface area contributed by atoms with Gasteiger partial charge >= 0.3 is 0 Å². The van der Waals surface area contributed by atoms with Gasteiger partial charge in [-0.2, -0.15) is 5.10 Å². The van der Waals surface area contributed by atoms with Crippen LogP contribution >= 0.6 is 0 Å². The fourth-order valence-electron chi connectivity index (χ4n) is 4.75. The Bertz CT molecular complexity index is 1380. The Morgan fingerprint density at radius 2 is 1.73 bits per heavy atom. The summed E-state index contributed by atoms with van der Waals surface area (Å²) in [6, 6.07) is 11.9. The summed E-state index contributed by atoms with van der Waals surface area (Å²) in [7, 11) is 0. The topological polar surface area (TPSA) is 109 Å². The van der Waals surface area contributed by atoms with Crippen molar-refractivity contribution in [2.24, 2.45) is 0 Å². The lowest BCUT2D eigenvalue weighted by Crippen LogP contribution is -2.36. The van der Waals surface area contributed by atoms with Crippen molar-refractivity contribution >= 4 is 28.3 Å². The Hall–Kier alpha value is -3.86. The van der Waals surface area contributed by atoms with E-state index in [-0.39, 0.29) is 5.91 Å². The van der Waals surface area contributed by atoms with Crippen LogP contribution in [-0.2, 0) is 16.0 Å². The molecule has 3 aromatic heterocycles. The minimum absolute atomic E-state index is 0.288. The number of H-pyrrole nitrogens is 1. The van der Waals surface area contributed by atoms with Crippen molar-refractivity contribution in [3.8, 4) is 11.1 Å². The molecule has 37 heavy (non-hydrogen) atoms. The highest BCUT2D eigenvalue weighted by Gasteiger charge is 2.17. The van der Waals surface area contributed by atoms with E-state index in [4.69, 9.17) is 9.47 Å². The molecule has 0 saturated carbocycles. The first-order valence-corrected chi connectivity index (χ1v) is 12.6. The van der Waals surface area contributed by atoms with Crippen molar-refractivity contribution in [3.63, 3.8) is 0 Å². The first-order chi connectivity index (χ1) is 18.2. The van der Waals surface area contributed by atoms with Gasteiger partial charge in [0.1, 0.15) is 5.82 Å². The number of hydrogen-bond donors (Lipinski definition) is 2. The molecule has 0 aliphatic carbocycles. The predicted octanol–water partition coefficient (Wildman–Crippen LogP) is 2.94. The number of anilines is 2. The molecule has 0 unspecified atom stereocenters. The van der Waals surface area contributed by atoms with Gasteiger partial charge in [-0.15, -0.1) is 0 Å². The molecule has 0 atom stereocenters. The van der Waals surface area contributed by atoms with Gasteiger partial charge in [-0.3, -0.25) is 19.8 Å². The minimum atomic E-state index is -0.288. The Morgan fingerprint density at radius 1 is 0.919 bits per heavy atom. The van der Waals surface area contributed by atoms with E-state index in [1.165, 1.54) is 0 Å². The summed E-state index contributed by atoms with van der Waals surface area (Å²) in [5.74, 6) is 0.587. The molecule has 0 bridgehead atoms. The average molecular weight is 500 g/mol. The van der Waals surface area contributed by atoms with Gasteiger partial charge < -0.3 is 19.7 Å². The molecule has 10 nitrogen and oxygen atoms in total. The molecule has 0 radical (unpaired) electrons. The molecule has 10 heteroatoms. The second kappa shape index (κ2) is 10.6. The lowest BCUT2D eigenvalue weighted by atomic mass is 10.0. The van der Waals surface area contributed by atoms with Gasteiger partial charge in [0.2, 0.25) is 0 Å². The number of nitrogens with zero attached hydrogens (tertiary/aromatic N) is 5. The molecule has 0 spiro atoms. The number of aromatic amines is 1. The molecule has 2 N–H and O–H groups in total. The zero-order chi connectivity index (χ0) is 25.0. The molecule has 1 amide bonds. The van der Waals surface area contributed by atoms with E-state index in [0.29, 0.717) is 24.6 Å². The molecule has 6 rings (SSSR count). The van der Waals surface area contributed by atoms with Crippen LogP contribution in [0.3, 0.4) is 0 Å². The summed E-state index contributed by atoms with van der Waals surface area (Å²) in [6.07, 6.45) is 5.44. The highest BCUT2D eigenvalue weighted by Crippen LogP contribution is 2.27. The van der Waals surface area contributed by atoms with Gasteiger partial charge in [0.25, 0.3) is 5.91 Å². The maximum absolute atomic E-state index is 13.1. The van der Waals surface area contributed by atoms with E-state index in [1.807, 2.05) is 42.7 Å². The predicted molar refractivity (Wildman–Crippen MR) is 141 cm³/mol. The molecule has 2 aliphatic rings. The molecular weight excluding hydrogens is 470 g/mol. The number of pyridine rings is 2. The van der Waals surface area contributed by atoms with Crippen LogP contribution in [0, 0.1) is 0 Å². The molecule has 1 aromatic carbocycles. The number of rotatable bonds is 6. The van der Waals surface area contributed by atoms with E-state index in [9.17, 15) is 4.79 Å². The van der Waals surface area contributed by atoms with E-state index < -0.39 is 0 Å². The van der Waals surface area contributed by atoms with E-state index in [0.717, 1.165) is 79.3 Å². The zero-order valence-corrected chi connectivity index (χ0v) is 20.5. The molecule has 2 fully saturated rings. The van der Waals surface area contributed by atoms with Crippen LogP contribution in [0.5, 0.6) is 0 Å². The standard InChI is InChI=1S/C27H29N7O3/c35-27(30-22-2-4-25(29-17-22)34-7-11-37-12-8-34)26-23-14-20(1-3-24(23)31-32-26)21-13-19(15-28-16-21)18-33-5-9-36-10-6-33/h1-4,13-17H,5-12,18H2,(H,30,35)(H,31,32). The third-order valence-corrected chi connectivity index (χ3v) is 6.76. The molecule has 4 aromatic rings. The van der Waals surface area contributed by atoms with Crippen molar-refractivity contribution in [2.75, 3.05) is 62.8 Å². The van der Waals surface area contributed by atoms with Crippen molar-refractivity contribution < 1.29 is 14.3 Å². The van der Waals surface area contributed by atoms with Gasteiger partial charge in [0, 0.05) is 56.1 Å². The maximum Gasteiger partial charge on any atom is 0.276 e. The third-order valence-electron chi connectivity index (χ3n) is 6.76. The molecule has 5 heterocycles. The molecular formula is C27H29N7O3. The van der Waals surface area contributed by atoms with Crippen LogP contribution in [-0.4, -0.2) is 83.6 Å². The summed E-state index contributed by atoms with van der Waals surface area (Å²) in [4.78, 5) is 26.6. The normalized spacial score (nSPS) is 16.7. The summed E-state index contributed by atoms with van der Waals surface area (Å²) < 4.78 is 10.9. The second-order valence-electron chi connectivity index (χ2n) is 9.26. The lowest BCUT2D eigenvalue weighted by Gasteiger charge is -2.27. The molecule has 2 saturated heterocycles. The number of aromatic nitrogens is 4. The van der Waals surface area contributed by atoms with E-state index in [1.54, 1.807) is 6.20 Å². The maximum atomic E-state index is 13.1. The summed E-state index contributed by atoms with van der Waals surface area (Å²) in [6.45, 7) is 7.24. The SMILES string of the molecule is O=C(Nc1ccc(N2CCOCC2)nc1)c1n[nH]c2ccc(-c3cncc(CN4CCOCC4)c3)cc12. The highest BCUT2D eigenvalue weighted by atomic mass is 16.5. The minimum Gasteiger partial charge on any atom is -0.379 e. The van der Waals surface area contributed by atoms with Crippen LogP contribution in [0.2, 0.25) is 0 Å². The highest BCUT2D eigenvalue weighted by molar-refractivity contribution is 6.11. The van der Waals surface area contributed by atoms with Crippen LogP contribution in [0.15, 0.2) is 55.0 Å². The van der Waals surface area contributed by atoms with Crippen molar-refractivity contribution in [3.05, 3.63) is 66.2 Å². The number of ether oxygens (including phenoxy) is 2. The van der Waals surface area contributed by atoms with Crippen molar-refractivity contribution in [2.45, 2.75) is 6.54 Å². The smallest absolute Gasteiger partial charge is 0.276 e. The molecule has 2 aliphatic heterocycles. The van der Waals surface area contributed by atoms with E-state index in [2.05, 4.69) is 41.3 Å². The Kier molecular flexibility index (Phi) is 6.76. The molecule has 190 valence electrons. The zero-order valence-electron chi connectivity index (χ0n) is 20.5. The average Bonchev–Trinajstić information content (AvgIpc) is 3.38. The van der Waals surface area contributed by atoms with E-state index >= 15 is 0 Å². The van der Waals surface area contributed by atoms with Gasteiger partial charge in [0.15, 0.2) is 5.69 Å². The van der Waals surface area contributed by atoms with Crippen LogP contribution in [0.25, 0.3) is 22.0 Å². The summed E-state index contributed by atoms with van der Waals surface area (Å²) in [5, 5.41) is 11.0. The van der Waals surface area contributed by atoms with Crippen molar-refractivity contribution in [1.82, 2.24) is 25.1 Å². The van der Waals surface area contributed by atoms with Gasteiger partial charge in [-0.25, -0.2) is 4.98 Å². The summed E-state index contributed by atoms with van der Waals surface area (Å²) >= 11 is 0. The number of nitrogens with one attached hydrogen (secondary N) is 2. The van der Waals surface area contributed by atoms with Crippen LogP contribution < -0.4 is 10.2 Å². The monoisotopic (exact) mass is 499 g/mol. The summed E-state index contributed by atoms with van der Waals surface area (Å²) in [5.41, 5.74) is 4.89. The number of hydrogen-bond acceptors (Lipinski definition) is 8. The largest absolute Gasteiger partial charge is 0.379 e. The van der Waals surface area contributed by atoms with Gasteiger partial charge in [-0.1, -0.05) is 6.07 Å². The fraction of sp³-hybridized carbons (Fsp3) is 0.333. The number of carbonyl (C=O) groups is 1.